The Kier molecular flexibility index (Phi) is 3.56. The zero-order valence-corrected chi connectivity index (χ0v) is 9.00. The Balaban J connectivity index is 3.09. The summed E-state index contributed by atoms with van der Waals surface area (Å²) in [6, 6.07) is 5.82. The lowest BCUT2D eigenvalue weighted by Crippen LogP contribution is -2.00. The normalized spacial score (nSPS) is 9.92. The lowest BCUT2D eigenvalue weighted by molar-refractivity contribution is 0.102. The number of hydrogen-bond acceptors (Lipinski definition) is 1. The quantitative estimate of drug-likeness (QED) is 0.593. The summed E-state index contributed by atoms with van der Waals surface area (Å²) >= 11 is 14.4. The molecule has 0 unspecified atom stereocenters. The molecule has 0 N–H and O–H groups in total. The van der Waals surface area contributed by atoms with Gasteiger partial charge in [-0.25, -0.2) is 0 Å². The molecule has 1 aromatic carbocycles. The maximum absolute atomic E-state index is 11.2. The largest absolute Gasteiger partial charge is 0.293 e. The molecule has 0 saturated heterocycles. The zero-order chi connectivity index (χ0) is 9.14. The Morgan fingerprint density at radius 2 is 2.17 bits per heavy atom. The topological polar surface area (TPSA) is 17.1 Å². The number of halogens is 3. The van der Waals surface area contributed by atoms with Crippen molar-refractivity contribution in [2.75, 3.05) is 5.33 Å². The predicted molar refractivity (Wildman–Crippen MR) is 53.4 cm³/mol. The van der Waals surface area contributed by atoms with Gasteiger partial charge in [-0.3, -0.25) is 4.79 Å². The predicted octanol–water partition coefficient (Wildman–Crippen LogP) is 3.37. The Hall–Kier alpha value is -0.0500. The van der Waals surface area contributed by atoms with Gasteiger partial charge in [0.15, 0.2) is 5.78 Å². The number of benzene rings is 1. The maximum atomic E-state index is 11.2. The molecule has 0 heterocycles. The summed E-state index contributed by atoms with van der Waals surface area (Å²) in [4.78, 5) is 11.2. The van der Waals surface area contributed by atoms with E-state index >= 15 is 0 Å². The molecule has 1 rings (SSSR count). The minimum atomic E-state index is -0.0760. The molecule has 12 heavy (non-hydrogen) atoms. The molecule has 0 amide bonds. The smallest absolute Gasteiger partial charge is 0.174 e. The molecule has 0 aromatic heterocycles. The summed E-state index contributed by atoms with van der Waals surface area (Å²) in [5.41, 5.74) is 0.443. The van der Waals surface area contributed by atoms with Gasteiger partial charge < -0.3 is 0 Å². The van der Waals surface area contributed by atoms with E-state index in [2.05, 4.69) is 22.0 Å². The lowest BCUT2D eigenvalue weighted by Gasteiger charge is -1.99. The van der Waals surface area contributed by atoms with Gasteiger partial charge in [0.05, 0.1) is 15.4 Å². The molecule has 0 bridgehead atoms. The molecular formula is C8H4BrCl2O. The first-order valence-electron chi connectivity index (χ1n) is 3.11. The van der Waals surface area contributed by atoms with Crippen molar-refractivity contribution >= 4 is 44.9 Å². The lowest BCUT2D eigenvalue weighted by atomic mass is 10.1. The minimum absolute atomic E-state index is 0.0760. The average molecular weight is 267 g/mol. The molecule has 0 aliphatic carbocycles. The molecule has 1 aromatic rings. The van der Waals surface area contributed by atoms with Crippen molar-refractivity contribution in [2.24, 2.45) is 0 Å². The number of Topliss-reactive ketones (excluding diaryl/α,β-unsaturated/α-hetero) is 1. The van der Waals surface area contributed by atoms with E-state index in [0.29, 0.717) is 10.6 Å². The molecule has 1 nitrogen and oxygen atoms in total. The Bertz CT molecular complexity index is 312. The number of carbonyl (C=O) groups excluding carboxylic acids is 1. The van der Waals surface area contributed by atoms with E-state index in [-0.39, 0.29) is 16.1 Å². The third-order valence-corrected chi connectivity index (χ3v) is 2.31. The van der Waals surface area contributed by atoms with Crippen LogP contribution in [0.25, 0.3) is 0 Å². The van der Waals surface area contributed by atoms with Crippen LogP contribution in [-0.4, -0.2) is 11.1 Å². The van der Waals surface area contributed by atoms with Crippen LogP contribution >= 0.6 is 39.1 Å². The molecule has 4 heteroatoms. The van der Waals surface area contributed by atoms with Gasteiger partial charge >= 0.3 is 0 Å². The van der Waals surface area contributed by atoms with E-state index in [1.54, 1.807) is 12.1 Å². The average Bonchev–Trinajstić information content (AvgIpc) is 2.03. The van der Waals surface area contributed by atoms with Gasteiger partial charge in [-0.15, -0.1) is 0 Å². The number of hydrogen-bond donors (Lipinski definition) is 0. The van der Waals surface area contributed by atoms with Crippen molar-refractivity contribution in [3.05, 3.63) is 33.8 Å². The van der Waals surface area contributed by atoms with Crippen molar-refractivity contribution < 1.29 is 4.79 Å². The van der Waals surface area contributed by atoms with Crippen LogP contribution in [0, 0.1) is 6.07 Å². The van der Waals surface area contributed by atoms with Crippen molar-refractivity contribution in [2.45, 2.75) is 0 Å². The molecule has 1 radical (unpaired) electrons. The van der Waals surface area contributed by atoms with E-state index in [4.69, 9.17) is 23.2 Å². The fourth-order valence-electron chi connectivity index (χ4n) is 0.731. The number of rotatable bonds is 2. The summed E-state index contributed by atoms with van der Waals surface area (Å²) in [6.07, 6.45) is 0. The second-order valence-corrected chi connectivity index (χ2v) is 3.44. The molecule has 0 saturated carbocycles. The summed E-state index contributed by atoms with van der Waals surface area (Å²) < 4.78 is 0. The van der Waals surface area contributed by atoms with E-state index in [9.17, 15) is 4.79 Å². The first-order valence-corrected chi connectivity index (χ1v) is 4.99. The molecule has 0 aliphatic rings. The van der Waals surface area contributed by atoms with Gasteiger partial charge in [-0.2, -0.15) is 0 Å². The van der Waals surface area contributed by atoms with Crippen LogP contribution in [0.1, 0.15) is 10.4 Å². The van der Waals surface area contributed by atoms with Crippen molar-refractivity contribution in [3.63, 3.8) is 0 Å². The van der Waals surface area contributed by atoms with E-state index in [1.165, 1.54) is 0 Å². The molecule has 0 spiro atoms. The highest BCUT2D eigenvalue weighted by Gasteiger charge is 2.08. The van der Waals surface area contributed by atoms with Crippen LogP contribution < -0.4 is 0 Å². The molecule has 0 fully saturated rings. The minimum Gasteiger partial charge on any atom is -0.293 e. The number of carbonyl (C=O) groups is 1. The molecule has 0 atom stereocenters. The molecular weight excluding hydrogens is 263 g/mol. The van der Waals surface area contributed by atoms with Gasteiger partial charge in [-0.1, -0.05) is 39.1 Å². The fourth-order valence-corrected chi connectivity index (χ4v) is 1.51. The number of ketones is 1. The summed E-state index contributed by atoms with van der Waals surface area (Å²) in [5, 5.41) is 0.931. The van der Waals surface area contributed by atoms with Gasteiger partial charge in [0.1, 0.15) is 0 Å². The van der Waals surface area contributed by atoms with Crippen molar-refractivity contribution in [1.82, 2.24) is 0 Å². The highest BCUT2D eigenvalue weighted by atomic mass is 79.9. The van der Waals surface area contributed by atoms with Crippen LogP contribution in [0.4, 0.5) is 0 Å². The standard InChI is InChI=1S/C8H4BrCl2O/c9-4-8(12)6-2-1-5(10)3-7(6)11/h1-2H,4H2. The highest BCUT2D eigenvalue weighted by Crippen LogP contribution is 2.20. The van der Waals surface area contributed by atoms with Crippen molar-refractivity contribution in [1.29, 1.82) is 0 Å². The Morgan fingerprint density at radius 3 is 2.67 bits per heavy atom. The van der Waals surface area contributed by atoms with Gasteiger partial charge in [0, 0.05) is 11.6 Å². The Morgan fingerprint density at radius 1 is 1.50 bits per heavy atom. The van der Waals surface area contributed by atoms with E-state index in [1.807, 2.05) is 0 Å². The fraction of sp³-hybridized carbons (Fsp3) is 0.125. The van der Waals surface area contributed by atoms with E-state index < -0.39 is 0 Å². The second kappa shape index (κ2) is 4.26. The third kappa shape index (κ3) is 2.22. The van der Waals surface area contributed by atoms with Crippen LogP contribution in [-0.2, 0) is 0 Å². The van der Waals surface area contributed by atoms with Crippen LogP contribution in [0.15, 0.2) is 12.1 Å². The second-order valence-electron chi connectivity index (χ2n) is 2.09. The van der Waals surface area contributed by atoms with Crippen LogP contribution in [0.2, 0.25) is 10.0 Å². The summed E-state index contributed by atoms with van der Waals surface area (Å²) in [5.74, 6) is -0.0760. The van der Waals surface area contributed by atoms with Gasteiger partial charge in [0.25, 0.3) is 0 Å². The summed E-state index contributed by atoms with van der Waals surface area (Å²) in [6.45, 7) is 0. The van der Waals surface area contributed by atoms with E-state index in [0.717, 1.165) is 0 Å². The van der Waals surface area contributed by atoms with Crippen LogP contribution in [0.5, 0.6) is 0 Å². The molecule has 0 aliphatic heterocycles. The monoisotopic (exact) mass is 265 g/mol. The summed E-state index contributed by atoms with van der Waals surface area (Å²) in [7, 11) is 0. The number of alkyl halides is 1. The first kappa shape index (κ1) is 10.0. The van der Waals surface area contributed by atoms with Gasteiger partial charge in [0.2, 0.25) is 0 Å². The highest BCUT2D eigenvalue weighted by molar-refractivity contribution is 9.09. The van der Waals surface area contributed by atoms with Crippen molar-refractivity contribution in [3.8, 4) is 0 Å². The third-order valence-electron chi connectivity index (χ3n) is 1.28. The molecule has 63 valence electrons. The Labute approximate surface area is 88.8 Å². The van der Waals surface area contributed by atoms with Crippen LogP contribution in [0.3, 0.4) is 0 Å². The first-order chi connectivity index (χ1) is 5.65. The zero-order valence-electron chi connectivity index (χ0n) is 5.90. The maximum Gasteiger partial charge on any atom is 0.174 e. The SMILES string of the molecule is O=C(CBr)c1ccc(Cl)[c]c1Cl. The van der Waals surface area contributed by atoms with Gasteiger partial charge in [-0.05, 0) is 12.1 Å².